The Morgan fingerprint density at radius 2 is 2.00 bits per heavy atom. The van der Waals surface area contributed by atoms with Crippen molar-refractivity contribution >= 4 is 17.4 Å². The zero-order valence-corrected chi connectivity index (χ0v) is 12.9. The van der Waals surface area contributed by atoms with Crippen molar-refractivity contribution in [3.8, 4) is 0 Å². The van der Waals surface area contributed by atoms with E-state index in [9.17, 15) is 14.9 Å². The molecule has 2 rings (SSSR count). The van der Waals surface area contributed by atoms with E-state index in [0.29, 0.717) is 0 Å². The highest BCUT2D eigenvalue weighted by atomic mass is 16.6. The largest absolute Gasteiger partial charge is 0.305 e. The number of unbranched alkanes of at least 4 members (excludes halogenated alkanes) is 2. The second kappa shape index (κ2) is 7.98. The van der Waals surface area contributed by atoms with E-state index >= 15 is 0 Å². The van der Waals surface area contributed by atoms with Gasteiger partial charge in [0.2, 0.25) is 0 Å². The summed E-state index contributed by atoms with van der Waals surface area (Å²) in [5, 5.41) is 13.1. The molecule has 2 heterocycles. The average molecular weight is 314 g/mol. The van der Waals surface area contributed by atoms with Crippen LogP contribution in [0.3, 0.4) is 0 Å². The van der Waals surface area contributed by atoms with Crippen LogP contribution in [0.25, 0.3) is 0 Å². The third-order valence-corrected chi connectivity index (χ3v) is 3.33. The number of aromatic nitrogens is 2. The van der Waals surface area contributed by atoms with Gasteiger partial charge >= 0.3 is 0 Å². The molecule has 0 radical (unpaired) electrons. The van der Waals surface area contributed by atoms with Gasteiger partial charge in [0.25, 0.3) is 11.6 Å². The van der Waals surface area contributed by atoms with Gasteiger partial charge in [0, 0.05) is 12.3 Å². The predicted molar refractivity (Wildman–Crippen MR) is 86.3 cm³/mol. The van der Waals surface area contributed by atoms with E-state index in [1.807, 2.05) is 6.07 Å². The molecular formula is C16H18N4O3. The standard InChI is InChI=1S/C16H18N4O3/c1-2-3-4-5-12-6-8-14(17-10-12)16(21)19-15-9-7-13(11-18-15)20(22)23/h6-11H,2-5H2,1H3,(H,18,19,21). The van der Waals surface area contributed by atoms with Crippen molar-refractivity contribution in [2.45, 2.75) is 32.6 Å². The van der Waals surface area contributed by atoms with Gasteiger partial charge in [-0.1, -0.05) is 25.8 Å². The van der Waals surface area contributed by atoms with Gasteiger partial charge in [0.1, 0.15) is 17.7 Å². The fourth-order valence-corrected chi connectivity index (χ4v) is 2.03. The highest BCUT2D eigenvalue weighted by Crippen LogP contribution is 2.13. The second-order valence-electron chi connectivity index (χ2n) is 5.12. The zero-order chi connectivity index (χ0) is 16.7. The van der Waals surface area contributed by atoms with Gasteiger partial charge in [-0.2, -0.15) is 0 Å². The van der Waals surface area contributed by atoms with Crippen LogP contribution < -0.4 is 5.32 Å². The molecule has 0 spiro atoms. The molecule has 0 aliphatic heterocycles. The van der Waals surface area contributed by atoms with Crippen LogP contribution in [0.4, 0.5) is 11.5 Å². The number of aryl methyl sites for hydroxylation is 1. The number of carbonyl (C=O) groups is 1. The highest BCUT2D eigenvalue weighted by molar-refractivity contribution is 6.02. The van der Waals surface area contributed by atoms with E-state index in [2.05, 4.69) is 22.2 Å². The number of rotatable bonds is 7. The number of amides is 1. The highest BCUT2D eigenvalue weighted by Gasteiger charge is 2.10. The fraction of sp³-hybridized carbons (Fsp3) is 0.312. The van der Waals surface area contributed by atoms with Gasteiger partial charge < -0.3 is 5.32 Å². The molecule has 1 amide bonds. The van der Waals surface area contributed by atoms with E-state index in [-0.39, 0.29) is 17.2 Å². The number of hydrogen-bond acceptors (Lipinski definition) is 5. The molecule has 2 aromatic heterocycles. The molecule has 0 fully saturated rings. The van der Waals surface area contributed by atoms with E-state index in [1.165, 1.54) is 18.6 Å². The van der Waals surface area contributed by atoms with Crippen molar-refractivity contribution in [3.05, 3.63) is 58.0 Å². The summed E-state index contributed by atoms with van der Waals surface area (Å²) in [5.41, 5.74) is 1.26. The average Bonchev–Trinajstić information content (AvgIpc) is 2.56. The van der Waals surface area contributed by atoms with Crippen molar-refractivity contribution < 1.29 is 9.72 Å². The molecule has 7 heteroatoms. The van der Waals surface area contributed by atoms with Crippen molar-refractivity contribution in [1.82, 2.24) is 9.97 Å². The molecule has 120 valence electrons. The van der Waals surface area contributed by atoms with Crippen molar-refractivity contribution in [1.29, 1.82) is 0 Å². The Hall–Kier alpha value is -2.83. The Morgan fingerprint density at radius 1 is 1.17 bits per heavy atom. The maximum atomic E-state index is 12.1. The molecule has 0 aliphatic carbocycles. The maximum absolute atomic E-state index is 12.1. The molecule has 0 atom stereocenters. The summed E-state index contributed by atoms with van der Waals surface area (Å²) in [4.78, 5) is 30.0. The van der Waals surface area contributed by atoms with Gasteiger partial charge in [-0.15, -0.1) is 0 Å². The topological polar surface area (TPSA) is 98.0 Å². The number of anilines is 1. The lowest BCUT2D eigenvalue weighted by molar-refractivity contribution is -0.385. The van der Waals surface area contributed by atoms with Crippen molar-refractivity contribution in [2.75, 3.05) is 5.32 Å². The van der Waals surface area contributed by atoms with Crippen LogP contribution in [0.15, 0.2) is 36.7 Å². The quantitative estimate of drug-likeness (QED) is 0.480. The summed E-state index contributed by atoms with van der Waals surface area (Å²) in [7, 11) is 0. The first-order chi connectivity index (χ1) is 11.1. The third kappa shape index (κ3) is 4.84. The molecule has 0 aliphatic rings. The molecular weight excluding hydrogens is 296 g/mol. The molecule has 7 nitrogen and oxygen atoms in total. The van der Waals surface area contributed by atoms with Gasteiger partial charge in [-0.3, -0.25) is 19.9 Å². The normalized spacial score (nSPS) is 10.3. The van der Waals surface area contributed by atoms with Crippen LogP contribution in [-0.4, -0.2) is 20.8 Å². The summed E-state index contributed by atoms with van der Waals surface area (Å²) in [6.07, 6.45) is 7.20. The number of nitrogens with zero attached hydrogens (tertiary/aromatic N) is 3. The minimum Gasteiger partial charge on any atom is -0.305 e. The Bertz CT molecular complexity index is 669. The Kier molecular flexibility index (Phi) is 5.74. The lowest BCUT2D eigenvalue weighted by Gasteiger charge is -2.05. The molecule has 0 saturated heterocycles. The summed E-state index contributed by atoms with van der Waals surface area (Å²) >= 11 is 0. The molecule has 0 saturated carbocycles. The van der Waals surface area contributed by atoms with Gasteiger partial charge in [0.15, 0.2) is 0 Å². The van der Waals surface area contributed by atoms with Crippen LogP contribution in [0.5, 0.6) is 0 Å². The van der Waals surface area contributed by atoms with Crippen LogP contribution >= 0.6 is 0 Å². The minimum absolute atomic E-state index is 0.127. The minimum atomic E-state index is -0.544. The molecule has 23 heavy (non-hydrogen) atoms. The summed E-state index contributed by atoms with van der Waals surface area (Å²) in [6.45, 7) is 2.15. The molecule has 0 unspecified atom stereocenters. The first-order valence-corrected chi connectivity index (χ1v) is 7.47. The molecule has 1 N–H and O–H groups in total. The SMILES string of the molecule is CCCCCc1ccc(C(=O)Nc2ccc([N+](=O)[O-])cn2)nc1. The van der Waals surface area contributed by atoms with Gasteiger partial charge in [-0.05, 0) is 30.5 Å². The summed E-state index contributed by atoms with van der Waals surface area (Å²) < 4.78 is 0. The van der Waals surface area contributed by atoms with Crippen LogP contribution in [0.1, 0.15) is 42.2 Å². The van der Waals surface area contributed by atoms with Crippen LogP contribution in [0.2, 0.25) is 0 Å². The Labute approximate surface area is 133 Å². The van der Waals surface area contributed by atoms with E-state index in [0.717, 1.165) is 31.0 Å². The number of nitrogens with one attached hydrogen (secondary N) is 1. The lowest BCUT2D eigenvalue weighted by atomic mass is 10.1. The maximum Gasteiger partial charge on any atom is 0.287 e. The van der Waals surface area contributed by atoms with Crippen LogP contribution in [-0.2, 0) is 6.42 Å². The summed E-state index contributed by atoms with van der Waals surface area (Å²) in [5.74, 6) is -0.152. The van der Waals surface area contributed by atoms with Gasteiger partial charge in [-0.25, -0.2) is 4.98 Å². The number of carbonyl (C=O) groups excluding carboxylic acids is 1. The zero-order valence-electron chi connectivity index (χ0n) is 12.9. The monoisotopic (exact) mass is 314 g/mol. The lowest BCUT2D eigenvalue weighted by Crippen LogP contribution is -2.14. The first-order valence-electron chi connectivity index (χ1n) is 7.47. The van der Waals surface area contributed by atoms with Crippen molar-refractivity contribution in [3.63, 3.8) is 0 Å². The Morgan fingerprint density at radius 3 is 2.57 bits per heavy atom. The summed E-state index contributed by atoms with van der Waals surface area (Å²) in [6, 6.07) is 6.23. The number of nitro groups is 1. The third-order valence-electron chi connectivity index (χ3n) is 3.33. The number of pyridine rings is 2. The van der Waals surface area contributed by atoms with E-state index < -0.39 is 10.8 Å². The number of hydrogen-bond donors (Lipinski definition) is 1. The first kappa shape index (κ1) is 16.5. The van der Waals surface area contributed by atoms with Crippen LogP contribution in [0, 0.1) is 10.1 Å². The predicted octanol–water partition coefficient (Wildman–Crippen LogP) is 3.37. The van der Waals surface area contributed by atoms with Crippen molar-refractivity contribution in [2.24, 2.45) is 0 Å². The van der Waals surface area contributed by atoms with E-state index in [4.69, 9.17) is 0 Å². The second-order valence-corrected chi connectivity index (χ2v) is 5.12. The smallest absolute Gasteiger partial charge is 0.287 e. The van der Waals surface area contributed by atoms with Gasteiger partial charge in [0.05, 0.1) is 4.92 Å². The Balaban J connectivity index is 1.96. The van der Waals surface area contributed by atoms with E-state index in [1.54, 1.807) is 12.3 Å². The molecule has 2 aromatic rings. The molecule has 0 aromatic carbocycles. The molecule has 0 bridgehead atoms. The fourth-order valence-electron chi connectivity index (χ4n) is 2.03.